The zero-order valence-electron chi connectivity index (χ0n) is 22.1. The molecule has 0 aliphatic carbocycles. The van der Waals surface area contributed by atoms with E-state index in [0.29, 0.717) is 5.56 Å². The van der Waals surface area contributed by atoms with Crippen molar-refractivity contribution in [3.63, 3.8) is 0 Å². The van der Waals surface area contributed by atoms with Crippen LogP contribution in [0.5, 0.6) is 0 Å². The highest BCUT2D eigenvalue weighted by molar-refractivity contribution is 7.14. The number of carbonyl (C=O) groups is 1. The minimum absolute atomic E-state index is 0.0372. The highest BCUT2D eigenvalue weighted by atomic mass is 32.1. The highest BCUT2D eigenvalue weighted by Gasteiger charge is 2.12. The van der Waals surface area contributed by atoms with Crippen molar-refractivity contribution in [3.05, 3.63) is 122 Å². The molecule has 0 bridgehead atoms. The van der Waals surface area contributed by atoms with Crippen molar-refractivity contribution in [2.75, 3.05) is 5.32 Å². The number of nitro groups is 1. The van der Waals surface area contributed by atoms with Gasteiger partial charge >= 0.3 is 0 Å². The van der Waals surface area contributed by atoms with Crippen LogP contribution < -0.4 is 10.7 Å². The van der Waals surface area contributed by atoms with Crippen LogP contribution in [0.3, 0.4) is 0 Å². The number of nitrogens with zero attached hydrogens (tertiary/aromatic N) is 4. The van der Waals surface area contributed by atoms with Gasteiger partial charge in [0.1, 0.15) is 0 Å². The van der Waals surface area contributed by atoms with Gasteiger partial charge in [-0.3, -0.25) is 14.9 Å². The molecular weight excluding hydrogens is 524 g/mol. The average molecular weight is 551 g/mol. The predicted molar refractivity (Wildman–Crippen MR) is 159 cm³/mol. The molecule has 3 aromatic carbocycles. The van der Waals surface area contributed by atoms with E-state index in [1.54, 1.807) is 30.5 Å². The Kier molecular flexibility index (Phi) is 7.52. The highest BCUT2D eigenvalue weighted by Crippen LogP contribution is 2.27. The van der Waals surface area contributed by atoms with Crippen molar-refractivity contribution < 1.29 is 9.72 Å². The lowest BCUT2D eigenvalue weighted by Crippen LogP contribution is -2.17. The minimum atomic E-state index is -0.423. The number of non-ortho nitro benzene ring substituents is 1. The quantitative estimate of drug-likeness (QED) is 0.123. The average Bonchev–Trinajstić information content (AvgIpc) is 3.53. The number of anilines is 2. The molecule has 0 spiro atoms. The molecular formula is C30H26N6O3S. The summed E-state index contributed by atoms with van der Waals surface area (Å²) >= 11 is 1.52. The third-order valence-electron chi connectivity index (χ3n) is 6.41. The molecule has 0 saturated carbocycles. The van der Waals surface area contributed by atoms with Crippen LogP contribution in [-0.4, -0.2) is 26.6 Å². The largest absolute Gasteiger partial charge is 0.332 e. The Hall–Kier alpha value is -5.09. The zero-order valence-corrected chi connectivity index (χ0v) is 22.9. The molecule has 0 aliphatic heterocycles. The number of nitrogens with one attached hydrogen (secondary N) is 2. The number of rotatable bonds is 8. The van der Waals surface area contributed by atoms with Crippen molar-refractivity contribution in [2.45, 2.75) is 20.8 Å². The van der Waals surface area contributed by atoms with Gasteiger partial charge in [0.15, 0.2) is 5.13 Å². The molecule has 1 amide bonds. The summed E-state index contributed by atoms with van der Waals surface area (Å²) in [7, 11) is 0. The van der Waals surface area contributed by atoms with Gasteiger partial charge in [0, 0.05) is 57.0 Å². The van der Waals surface area contributed by atoms with Crippen LogP contribution in [0.2, 0.25) is 0 Å². The molecule has 2 heterocycles. The molecule has 200 valence electrons. The van der Waals surface area contributed by atoms with Crippen molar-refractivity contribution in [3.8, 4) is 16.9 Å². The predicted octanol–water partition coefficient (Wildman–Crippen LogP) is 6.94. The van der Waals surface area contributed by atoms with Crippen LogP contribution in [-0.2, 0) is 0 Å². The van der Waals surface area contributed by atoms with E-state index in [1.165, 1.54) is 29.0 Å². The summed E-state index contributed by atoms with van der Waals surface area (Å²) in [4.78, 5) is 27.9. The van der Waals surface area contributed by atoms with Gasteiger partial charge in [-0.05, 0) is 63.2 Å². The lowest BCUT2D eigenvalue weighted by Gasteiger charge is -2.09. The first-order valence-corrected chi connectivity index (χ1v) is 13.3. The molecule has 5 aromatic rings. The Morgan fingerprint density at radius 1 is 1.00 bits per heavy atom. The fourth-order valence-corrected chi connectivity index (χ4v) is 5.02. The third kappa shape index (κ3) is 5.82. The Labute approximate surface area is 235 Å². The van der Waals surface area contributed by atoms with Gasteiger partial charge in [0.2, 0.25) is 0 Å². The van der Waals surface area contributed by atoms with E-state index >= 15 is 0 Å². The second-order valence-corrected chi connectivity index (χ2v) is 10.1. The maximum atomic E-state index is 12.7. The fourth-order valence-electron chi connectivity index (χ4n) is 4.28. The van der Waals surface area contributed by atoms with E-state index in [0.717, 1.165) is 44.7 Å². The number of nitro benzene ring substituents is 1. The van der Waals surface area contributed by atoms with Crippen LogP contribution in [0.1, 0.15) is 32.9 Å². The monoisotopic (exact) mass is 550 g/mol. The molecule has 0 atom stereocenters. The van der Waals surface area contributed by atoms with Crippen molar-refractivity contribution in [1.29, 1.82) is 0 Å². The maximum absolute atomic E-state index is 12.7. The van der Waals surface area contributed by atoms with Crippen LogP contribution >= 0.6 is 11.3 Å². The minimum Gasteiger partial charge on any atom is -0.332 e. The van der Waals surface area contributed by atoms with Crippen molar-refractivity contribution in [1.82, 2.24) is 15.0 Å². The summed E-state index contributed by atoms with van der Waals surface area (Å²) in [6.45, 7) is 5.92. The van der Waals surface area contributed by atoms with E-state index in [-0.39, 0.29) is 11.6 Å². The second kappa shape index (κ2) is 11.3. The number of benzene rings is 3. The summed E-state index contributed by atoms with van der Waals surface area (Å²) in [6.07, 6.45) is 1.59. The zero-order chi connectivity index (χ0) is 28.2. The first-order valence-electron chi connectivity index (χ1n) is 12.5. The normalized spacial score (nSPS) is 11.1. The van der Waals surface area contributed by atoms with Crippen LogP contribution in [0.15, 0.2) is 89.3 Å². The van der Waals surface area contributed by atoms with E-state index in [1.807, 2.05) is 73.2 Å². The standard InChI is InChI=1S/C30H26N6O3S/c1-19-4-10-25(11-5-19)32-30-33-28(18-40-30)22-6-8-23(9-7-22)29(37)34-31-17-24-16-20(2)35(21(24)3)26-12-14-27(15-13-26)36(38)39/h4-18H,1-3H3,(H,32,33)(H,34,37)/b31-17-. The number of hydrogen-bond acceptors (Lipinski definition) is 7. The molecule has 0 unspecified atom stereocenters. The molecule has 5 rings (SSSR count). The number of amides is 1. The molecule has 2 N–H and O–H groups in total. The Balaban J connectivity index is 1.22. The lowest BCUT2D eigenvalue weighted by molar-refractivity contribution is -0.384. The first kappa shape index (κ1) is 26.5. The maximum Gasteiger partial charge on any atom is 0.271 e. The molecule has 0 fully saturated rings. The summed E-state index contributed by atoms with van der Waals surface area (Å²) in [5, 5.41) is 21.2. The number of aryl methyl sites for hydroxylation is 2. The molecule has 2 aromatic heterocycles. The van der Waals surface area contributed by atoms with E-state index in [9.17, 15) is 14.9 Å². The molecule has 0 aliphatic rings. The Bertz CT molecular complexity index is 1700. The summed E-state index contributed by atoms with van der Waals surface area (Å²) < 4.78 is 1.98. The summed E-state index contributed by atoms with van der Waals surface area (Å²) in [5.41, 5.74) is 10.5. The number of thiazole rings is 1. The van der Waals surface area contributed by atoms with E-state index < -0.39 is 4.92 Å². The molecule has 9 nitrogen and oxygen atoms in total. The van der Waals surface area contributed by atoms with Crippen molar-refractivity contribution in [2.24, 2.45) is 5.10 Å². The van der Waals surface area contributed by atoms with Crippen LogP contribution in [0.25, 0.3) is 16.9 Å². The smallest absolute Gasteiger partial charge is 0.271 e. The number of aromatic nitrogens is 2. The molecule has 10 heteroatoms. The number of carbonyl (C=O) groups excluding carboxylic acids is 1. The molecule has 0 saturated heterocycles. The lowest BCUT2D eigenvalue weighted by atomic mass is 10.1. The van der Waals surface area contributed by atoms with Gasteiger partial charge < -0.3 is 9.88 Å². The van der Waals surface area contributed by atoms with Gasteiger partial charge in [-0.2, -0.15) is 5.10 Å². The van der Waals surface area contributed by atoms with Crippen LogP contribution in [0.4, 0.5) is 16.5 Å². The second-order valence-electron chi connectivity index (χ2n) is 9.24. The van der Waals surface area contributed by atoms with Gasteiger partial charge in [-0.1, -0.05) is 29.8 Å². The van der Waals surface area contributed by atoms with Crippen LogP contribution in [0, 0.1) is 30.9 Å². The summed E-state index contributed by atoms with van der Waals surface area (Å²) in [5.74, 6) is -0.327. The van der Waals surface area contributed by atoms with E-state index in [2.05, 4.69) is 20.8 Å². The summed E-state index contributed by atoms with van der Waals surface area (Å²) in [6, 6.07) is 23.6. The Morgan fingerprint density at radius 3 is 2.38 bits per heavy atom. The van der Waals surface area contributed by atoms with Gasteiger partial charge in [-0.15, -0.1) is 11.3 Å². The van der Waals surface area contributed by atoms with Gasteiger partial charge in [0.05, 0.1) is 16.8 Å². The first-order chi connectivity index (χ1) is 19.3. The third-order valence-corrected chi connectivity index (χ3v) is 7.17. The SMILES string of the molecule is Cc1ccc(Nc2nc(-c3ccc(C(=O)N/N=C\c4cc(C)n(-c5ccc([N+](=O)[O-])cc5)c4C)cc3)cs2)cc1. The Morgan fingerprint density at radius 2 is 1.70 bits per heavy atom. The van der Waals surface area contributed by atoms with E-state index in [4.69, 9.17) is 0 Å². The van der Waals surface area contributed by atoms with Crippen molar-refractivity contribution >= 4 is 40.0 Å². The fraction of sp³-hybridized carbons (Fsp3) is 0.100. The topological polar surface area (TPSA) is 114 Å². The van der Waals surface area contributed by atoms with Gasteiger partial charge in [0.25, 0.3) is 11.6 Å². The molecule has 0 radical (unpaired) electrons. The molecule has 40 heavy (non-hydrogen) atoms. The number of hydrogen-bond donors (Lipinski definition) is 2. The number of hydrazone groups is 1. The van der Waals surface area contributed by atoms with Gasteiger partial charge in [-0.25, -0.2) is 10.4 Å².